The monoisotopic (exact) mass is 535 g/mol. The summed E-state index contributed by atoms with van der Waals surface area (Å²) >= 11 is 0. The lowest BCUT2D eigenvalue weighted by Crippen LogP contribution is -2.64. The van der Waals surface area contributed by atoms with Gasteiger partial charge in [0, 0.05) is 19.8 Å². The van der Waals surface area contributed by atoms with Crippen molar-refractivity contribution in [3.8, 4) is 0 Å². The lowest BCUT2D eigenvalue weighted by molar-refractivity contribution is -0.311. The van der Waals surface area contributed by atoms with Gasteiger partial charge in [-0.05, 0) is 32.1 Å². The predicted octanol–water partition coefficient (Wildman–Crippen LogP) is -2.00. The molecule has 214 valence electrons. The van der Waals surface area contributed by atoms with Crippen LogP contribution in [0.4, 0.5) is 0 Å². The summed E-state index contributed by atoms with van der Waals surface area (Å²) in [6.07, 6.45) is -8.41. The van der Waals surface area contributed by atoms with Crippen molar-refractivity contribution in [2.45, 2.75) is 126 Å². The van der Waals surface area contributed by atoms with Crippen molar-refractivity contribution in [3.63, 3.8) is 0 Å². The highest BCUT2D eigenvalue weighted by atomic mass is 16.7. The molecule has 13 heteroatoms. The SMILES string of the molecule is CC(=O)N[C@@H]1C(O)C[C@](CC2CCCCC2O[C@@H]2OC(C)[C@@H](O)C(O)C2O)(C(=O)O)OC1C[C@H](O)CO. The zero-order valence-electron chi connectivity index (χ0n) is 21.2. The molecule has 0 aromatic heterocycles. The maximum Gasteiger partial charge on any atom is 0.336 e. The Morgan fingerprint density at radius 2 is 1.78 bits per heavy atom. The summed E-state index contributed by atoms with van der Waals surface area (Å²) in [4.78, 5) is 24.3. The van der Waals surface area contributed by atoms with Gasteiger partial charge in [0.2, 0.25) is 5.91 Å². The number of hydrogen-bond acceptors (Lipinski definition) is 11. The lowest BCUT2D eigenvalue weighted by Gasteiger charge is -2.48. The van der Waals surface area contributed by atoms with Gasteiger partial charge < -0.3 is 55.3 Å². The molecule has 1 aliphatic carbocycles. The number of nitrogens with one attached hydrogen (secondary N) is 1. The van der Waals surface area contributed by atoms with Gasteiger partial charge in [-0.15, -0.1) is 0 Å². The van der Waals surface area contributed by atoms with E-state index < -0.39 is 85.2 Å². The van der Waals surface area contributed by atoms with Crippen molar-refractivity contribution in [3.05, 3.63) is 0 Å². The highest BCUT2D eigenvalue weighted by Crippen LogP contribution is 2.42. The third-order valence-corrected chi connectivity index (χ3v) is 7.75. The Morgan fingerprint density at radius 3 is 2.41 bits per heavy atom. The van der Waals surface area contributed by atoms with E-state index in [0.717, 1.165) is 12.8 Å². The number of rotatable bonds is 9. The van der Waals surface area contributed by atoms with E-state index in [1.165, 1.54) is 13.8 Å². The second-order valence-corrected chi connectivity index (χ2v) is 10.6. The molecular formula is C24H41NO12. The van der Waals surface area contributed by atoms with Gasteiger partial charge in [-0.3, -0.25) is 4.79 Å². The maximum absolute atomic E-state index is 12.6. The number of aliphatic carboxylic acids is 1. The average molecular weight is 536 g/mol. The fourth-order valence-corrected chi connectivity index (χ4v) is 5.75. The number of carbonyl (C=O) groups is 2. The van der Waals surface area contributed by atoms with Crippen molar-refractivity contribution in [2.24, 2.45) is 5.92 Å². The van der Waals surface area contributed by atoms with E-state index in [-0.39, 0.29) is 25.2 Å². The first kappa shape index (κ1) is 30.1. The van der Waals surface area contributed by atoms with Gasteiger partial charge in [0.25, 0.3) is 0 Å². The number of aliphatic hydroxyl groups is 6. The Morgan fingerprint density at radius 1 is 1.11 bits per heavy atom. The average Bonchev–Trinajstić information content (AvgIpc) is 2.84. The zero-order valence-corrected chi connectivity index (χ0v) is 21.2. The van der Waals surface area contributed by atoms with Gasteiger partial charge in [0.05, 0.1) is 43.2 Å². The molecule has 2 saturated heterocycles. The van der Waals surface area contributed by atoms with Crippen LogP contribution in [-0.4, -0.2) is 121 Å². The van der Waals surface area contributed by atoms with Crippen LogP contribution in [0.15, 0.2) is 0 Å². The molecule has 3 rings (SSSR count). The Labute approximate surface area is 215 Å². The third kappa shape index (κ3) is 6.97. The van der Waals surface area contributed by atoms with Crippen molar-refractivity contribution in [1.29, 1.82) is 0 Å². The number of hydrogen-bond donors (Lipinski definition) is 8. The van der Waals surface area contributed by atoms with Crippen LogP contribution in [0.25, 0.3) is 0 Å². The van der Waals surface area contributed by atoms with Crippen LogP contribution in [-0.2, 0) is 23.8 Å². The molecule has 1 saturated carbocycles. The Balaban J connectivity index is 1.81. The van der Waals surface area contributed by atoms with E-state index in [4.69, 9.17) is 14.2 Å². The van der Waals surface area contributed by atoms with E-state index >= 15 is 0 Å². The predicted molar refractivity (Wildman–Crippen MR) is 125 cm³/mol. The molecule has 3 fully saturated rings. The summed E-state index contributed by atoms with van der Waals surface area (Å²) in [5.41, 5.74) is -1.87. The molecule has 0 aromatic carbocycles. The molecule has 0 bridgehead atoms. The smallest absolute Gasteiger partial charge is 0.336 e. The van der Waals surface area contributed by atoms with Crippen molar-refractivity contribution in [1.82, 2.24) is 5.32 Å². The standard InChI is InChI=1S/C24H41NO12/c1-11-19(30)20(31)21(32)22(35-11)36-16-6-4-3-5-13(16)8-24(23(33)34)9-15(29)18(25-12(2)27)17(37-24)7-14(28)10-26/h11,13-22,26,28-32H,3-10H2,1-2H3,(H,25,27)(H,33,34)/t11?,13?,14-,15?,16?,17?,18+,19+,20?,21?,22-,24+/m0/s1. The van der Waals surface area contributed by atoms with Crippen LogP contribution in [0.2, 0.25) is 0 Å². The minimum atomic E-state index is -1.87. The molecule has 8 N–H and O–H groups in total. The maximum atomic E-state index is 12.6. The van der Waals surface area contributed by atoms with E-state index in [1.807, 2.05) is 0 Å². The van der Waals surface area contributed by atoms with Gasteiger partial charge in [0.15, 0.2) is 11.9 Å². The second kappa shape index (κ2) is 12.6. The normalized spacial score (nSPS) is 43.7. The van der Waals surface area contributed by atoms with E-state index in [0.29, 0.717) is 12.8 Å². The van der Waals surface area contributed by atoms with Crippen LogP contribution >= 0.6 is 0 Å². The van der Waals surface area contributed by atoms with E-state index in [2.05, 4.69) is 5.32 Å². The number of aliphatic hydroxyl groups excluding tert-OH is 6. The largest absolute Gasteiger partial charge is 0.479 e. The summed E-state index contributed by atoms with van der Waals surface area (Å²) in [6, 6.07) is -0.982. The molecule has 0 radical (unpaired) electrons. The Bertz CT molecular complexity index is 785. The van der Waals surface area contributed by atoms with Gasteiger partial charge in [-0.2, -0.15) is 0 Å². The Hall–Kier alpha value is -1.42. The molecular weight excluding hydrogens is 494 g/mol. The minimum Gasteiger partial charge on any atom is -0.479 e. The van der Waals surface area contributed by atoms with Crippen molar-refractivity contribution < 1.29 is 59.5 Å². The minimum absolute atomic E-state index is 0.0634. The molecule has 37 heavy (non-hydrogen) atoms. The lowest BCUT2D eigenvalue weighted by atomic mass is 9.74. The first-order chi connectivity index (χ1) is 17.4. The molecule has 1 amide bonds. The summed E-state index contributed by atoms with van der Waals surface area (Å²) in [7, 11) is 0. The van der Waals surface area contributed by atoms with E-state index in [1.54, 1.807) is 0 Å². The fourth-order valence-electron chi connectivity index (χ4n) is 5.75. The first-order valence-corrected chi connectivity index (χ1v) is 12.9. The number of amides is 1. The zero-order chi connectivity index (χ0) is 27.5. The molecule has 7 unspecified atom stereocenters. The number of carboxylic acid groups (broad SMARTS) is 1. The molecule has 0 spiro atoms. The Kier molecular flexibility index (Phi) is 10.3. The highest BCUT2D eigenvalue weighted by Gasteiger charge is 2.54. The summed E-state index contributed by atoms with van der Waals surface area (Å²) < 4.78 is 17.7. The summed E-state index contributed by atoms with van der Waals surface area (Å²) in [5, 5.41) is 73.5. The van der Waals surface area contributed by atoms with Crippen LogP contribution in [0, 0.1) is 5.92 Å². The van der Waals surface area contributed by atoms with E-state index in [9.17, 15) is 45.3 Å². The number of carboxylic acids is 1. The van der Waals surface area contributed by atoms with Crippen LogP contribution < -0.4 is 5.32 Å². The number of carbonyl (C=O) groups excluding carboxylic acids is 1. The second-order valence-electron chi connectivity index (χ2n) is 10.6. The molecule has 2 aliphatic heterocycles. The molecule has 2 heterocycles. The van der Waals surface area contributed by atoms with Gasteiger partial charge in [0.1, 0.15) is 18.3 Å². The summed E-state index contributed by atoms with van der Waals surface area (Å²) in [6.45, 7) is 2.18. The molecule has 3 aliphatic rings. The summed E-state index contributed by atoms with van der Waals surface area (Å²) in [5.74, 6) is -2.16. The molecule has 13 nitrogen and oxygen atoms in total. The fraction of sp³-hybridized carbons (Fsp3) is 0.917. The first-order valence-electron chi connectivity index (χ1n) is 12.9. The van der Waals surface area contributed by atoms with Crippen LogP contribution in [0.3, 0.4) is 0 Å². The van der Waals surface area contributed by atoms with Crippen molar-refractivity contribution in [2.75, 3.05) is 6.61 Å². The molecule has 0 aromatic rings. The third-order valence-electron chi connectivity index (χ3n) is 7.75. The quantitative estimate of drug-likeness (QED) is 0.161. The topological polar surface area (TPSA) is 215 Å². The van der Waals surface area contributed by atoms with Gasteiger partial charge in [-0.25, -0.2) is 4.79 Å². The molecule has 12 atom stereocenters. The van der Waals surface area contributed by atoms with Crippen molar-refractivity contribution >= 4 is 11.9 Å². The highest BCUT2D eigenvalue weighted by molar-refractivity contribution is 5.78. The van der Waals surface area contributed by atoms with Crippen LogP contribution in [0.1, 0.15) is 58.8 Å². The number of ether oxygens (including phenoxy) is 3. The van der Waals surface area contributed by atoms with Gasteiger partial charge >= 0.3 is 5.97 Å². The van der Waals surface area contributed by atoms with Crippen LogP contribution in [0.5, 0.6) is 0 Å². The van der Waals surface area contributed by atoms with Gasteiger partial charge in [-0.1, -0.05) is 12.8 Å².